The number of fused-ring (bicyclic) bond motifs is 1. The van der Waals surface area contributed by atoms with Crippen LogP contribution in [-0.2, 0) is 0 Å². The van der Waals surface area contributed by atoms with Gasteiger partial charge in [-0.3, -0.25) is 0 Å². The van der Waals surface area contributed by atoms with Gasteiger partial charge in [0.2, 0.25) is 0 Å². The van der Waals surface area contributed by atoms with Crippen LogP contribution in [0.1, 0.15) is 6.92 Å². The minimum absolute atomic E-state index is 0.196. The molecule has 0 radical (unpaired) electrons. The Labute approximate surface area is 65.0 Å². The first-order chi connectivity index (χ1) is 5.14. The fourth-order valence-electron chi connectivity index (χ4n) is 2.15. The third-order valence-electron chi connectivity index (χ3n) is 3.00. The van der Waals surface area contributed by atoms with Crippen LogP contribution < -0.4 is 10.6 Å². The molecule has 3 atom stereocenters. The second-order valence-electron chi connectivity index (χ2n) is 3.67. The average Bonchev–Trinajstić information content (AvgIpc) is 2.35. The van der Waals surface area contributed by atoms with E-state index in [1.54, 1.807) is 0 Å². The second-order valence-corrected chi connectivity index (χ2v) is 3.67. The Balaban J connectivity index is 1.97. The highest BCUT2D eigenvalue weighted by atomic mass is 16.4. The highest BCUT2D eigenvalue weighted by Crippen LogP contribution is 2.54. The van der Waals surface area contributed by atoms with E-state index < -0.39 is 6.09 Å². The fourth-order valence-corrected chi connectivity index (χ4v) is 2.15. The summed E-state index contributed by atoms with van der Waals surface area (Å²) in [5.74, 6) is 0.526. The molecule has 0 aromatic rings. The molecule has 1 saturated carbocycles. The van der Waals surface area contributed by atoms with Crippen molar-refractivity contribution in [3.63, 3.8) is 0 Å². The van der Waals surface area contributed by atoms with E-state index in [0.29, 0.717) is 5.92 Å². The Hall–Kier alpha value is -0.770. The molecule has 1 heterocycles. The number of nitrogens with one attached hydrogen (secondary N) is 2. The Morgan fingerprint density at radius 2 is 2.55 bits per heavy atom. The molecule has 1 aliphatic heterocycles. The third-order valence-corrected chi connectivity index (χ3v) is 3.00. The largest absolute Gasteiger partial charge is 0.465 e. The lowest BCUT2D eigenvalue weighted by Crippen LogP contribution is -2.33. The number of hydrogen-bond donors (Lipinski definition) is 3. The molecule has 4 heteroatoms. The molecule has 0 spiro atoms. The predicted octanol–water partition coefficient (Wildman–Crippen LogP) is -0.138. The van der Waals surface area contributed by atoms with Crippen molar-refractivity contribution in [3.05, 3.63) is 0 Å². The summed E-state index contributed by atoms with van der Waals surface area (Å²) in [4.78, 5) is 10.3. The first kappa shape index (κ1) is 6.91. The normalized spacial score (nSPS) is 46.6. The van der Waals surface area contributed by atoms with E-state index in [9.17, 15) is 4.79 Å². The zero-order valence-electron chi connectivity index (χ0n) is 6.42. The third kappa shape index (κ3) is 0.822. The molecule has 2 rings (SSSR count). The number of rotatable bonds is 1. The van der Waals surface area contributed by atoms with Gasteiger partial charge in [-0.2, -0.15) is 0 Å². The van der Waals surface area contributed by atoms with Crippen molar-refractivity contribution in [3.8, 4) is 0 Å². The van der Waals surface area contributed by atoms with Crippen LogP contribution >= 0.6 is 0 Å². The van der Waals surface area contributed by atoms with Crippen LogP contribution in [0.4, 0.5) is 4.79 Å². The van der Waals surface area contributed by atoms with Crippen molar-refractivity contribution < 1.29 is 9.90 Å². The molecule has 3 unspecified atom stereocenters. The summed E-state index contributed by atoms with van der Waals surface area (Å²) in [5, 5.41) is 14.2. The maximum atomic E-state index is 10.3. The molecule has 3 N–H and O–H groups in total. The van der Waals surface area contributed by atoms with E-state index in [2.05, 4.69) is 17.6 Å². The van der Waals surface area contributed by atoms with E-state index in [-0.39, 0.29) is 11.5 Å². The van der Waals surface area contributed by atoms with E-state index in [4.69, 9.17) is 5.11 Å². The molecular formula is C7H12N2O2. The molecule has 0 aromatic heterocycles. The lowest BCUT2D eigenvalue weighted by Gasteiger charge is -2.08. The van der Waals surface area contributed by atoms with Crippen LogP contribution in [0.2, 0.25) is 0 Å². The molecule has 1 saturated heterocycles. The van der Waals surface area contributed by atoms with Crippen molar-refractivity contribution in [1.29, 1.82) is 0 Å². The fraction of sp³-hybridized carbons (Fsp3) is 0.857. The molecule has 0 aromatic carbocycles. The Morgan fingerprint density at radius 1 is 1.82 bits per heavy atom. The Morgan fingerprint density at radius 3 is 3.00 bits per heavy atom. The topological polar surface area (TPSA) is 61.4 Å². The lowest BCUT2D eigenvalue weighted by atomic mass is 10.1. The van der Waals surface area contributed by atoms with Crippen LogP contribution in [0.3, 0.4) is 0 Å². The number of hydrogen-bond acceptors (Lipinski definition) is 2. The predicted molar refractivity (Wildman–Crippen MR) is 39.4 cm³/mol. The average molecular weight is 156 g/mol. The van der Waals surface area contributed by atoms with Crippen LogP contribution in [-0.4, -0.2) is 30.3 Å². The van der Waals surface area contributed by atoms with Gasteiger partial charge < -0.3 is 15.7 Å². The summed E-state index contributed by atoms with van der Waals surface area (Å²) in [5.41, 5.74) is 0.207. The zero-order valence-corrected chi connectivity index (χ0v) is 6.42. The standard InChI is InChI=1S/C7H12N2O2/c1-7-3-8-2-4(7)5(7)9-6(10)11/h4-5,8-9H,2-3H2,1H3,(H,10,11). The first-order valence-electron chi connectivity index (χ1n) is 3.85. The van der Waals surface area contributed by atoms with Crippen molar-refractivity contribution in [2.24, 2.45) is 11.3 Å². The summed E-state index contributed by atoms with van der Waals surface area (Å²) < 4.78 is 0. The van der Waals surface area contributed by atoms with Crippen molar-refractivity contribution >= 4 is 6.09 Å². The molecule has 2 fully saturated rings. The summed E-state index contributed by atoms with van der Waals surface area (Å²) >= 11 is 0. The van der Waals surface area contributed by atoms with E-state index >= 15 is 0 Å². The Kier molecular flexibility index (Phi) is 1.18. The number of amides is 1. The highest BCUT2D eigenvalue weighted by Gasteiger charge is 2.64. The molecule has 62 valence electrons. The van der Waals surface area contributed by atoms with Gasteiger partial charge in [0.15, 0.2) is 0 Å². The van der Waals surface area contributed by atoms with Gasteiger partial charge in [0, 0.05) is 30.5 Å². The van der Waals surface area contributed by atoms with Crippen molar-refractivity contribution in [1.82, 2.24) is 10.6 Å². The Bertz CT molecular complexity index is 207. The highest BCUT2D eigenvalue weighted by molar-refractivity contribution is 5.66. The summed E-state index contributed by atoms with van der Waals surface area (Å²) in [6.07, 6.45) is -0.898. The molecule has 0 bridgehead atoms. The van der Waals surface area contributed by atoms with Crippen LogP contribution in [0.15, 0.2) is 0 Å². The van der Waals surface area contributed by atoms with Gasteiger partial charge in [0.25, 0.3) is 0 Å². The first-order valence-corrected chi connectivity index (χ1v) is 3.85. The smallest absolute Gasteiger partial charge is 0.404 e. The van der Waals surface area contributed by atoms with Crippen molar-refractivity contribution in [2.75, 3.05) is 13.1 Å². The molecule has 2 aliphatic rings. The monoisotopic (exact) mass is 156 g/mol. The van der Waals surface area contributed by atoms with E-state index in [0.717, 1.165) is 13.1 Å². The van der Waals surface area contributed by atoms with Gasteiger partial charge in [0.1, 0.15) is 0 Å². The lowest BCUT2D eigenvalue weighted by molar-refractivity contribution is 0.191. The maximum absolute atomic E-state index is 10.3. The molecule has 4 nitrogen and oxygen atoms in total. The minimum Gasteiger partial charge on any atom is -0.465 e. The van der Waals surface area contributed by atoms with Crippen molar-refractivity contribution in [2.45, 2.75) is 13.0 Å². The summed E-state index contributed by atoms with van der Waals surface area (Å²) in [7, 11) is 0. The van der Waals surface area contributed by atoms with Gasteiger partial charge in [-0.25, -0.2) is 4.79 Å². The molecule has 11 heavy (non-hydrogen) atoms. The number of carboxylic acid groups (broad SMARTS) is 1. The van der Waals surface area contributed by atoms with Gasteiger partial charge in [-0.15, -0.1) is 0 Å². The van der Waals surface area contributed by atoms with Crippen LogP contribution in [0.25, 0.3) is 0 Å². The van der Waals surface area contributed by atoms with Gasteiger partial charge in [-0.1, -0.05) is 6.92 Å². The summed E-state index contributed by atoms with van der Waals surface area (Å²) in [6.45, 7) is 4.03. The van der Waals surface area contributed by atoms with E-state index in [1.807, 2.05) is 0 Å². The van der Waals surface area contributed by atoms with Crippen LogP contribution in [0, 0.1) is 11.3 Å². The molecule has 1 aliphatic carbocycles. The second kappa shape index (κ2) is 1.88. The summed E-state index contributed by atoms with van der Waals surface area (Å²) in [6, 6.07) is 0.196. The number of piperidine rings is 1. The molecular weight excluding hydrogens is 144 g/mol. The minimum atomic E-state index is -0.898. The SMILES string of the molecule is CC12CNCC1C2NC(=O)O. The number of carbonyl (C=O) groups is 1. The van der Waals surface area contributed by atoms with Gasteiger partial charge in [-0.05, 0) is 0 Å². The molecule has 1 amide bonds. The van der Waals surface area contributed by atoms with E-state index in [1.165, 1.54) is 0 Å². The zero-order chi connectivity index (χ0) is 8.06. The van der Waals surface area contributed by atoms with Crippen LogP contribution in [0.5, 0.6) is 0 Å². The maximum Gasteiger partial charge on any atom is 0.404 e. The quantitative estimate of drug-likeness (QED) is 0.495. The van der Waals surface area contributed by atoms with Gasteiger partial charge >= 0.3 is 6.09 Å². The van der Waals surface area contributed by atoms with Gasteiger partial charge in [0.05, 0.1) is 0 Å².